The Kier molecular flexibility index (Phi) is 5.50. The van der Waals surface area contributed by atoms with Gasteiger partial charge in [-0.05, 0) is 31.5 Å². The second-order valence-electron chi connectivity index (χ2n) is 6.72. The van der Waals surface area contributed by atoms with Crippen molar-refractivity contribution in [3.8, 4) is 0 Å². The monoisotopic (exact) mass is 375 g/mol. The zero-order valence-electron chi connectivity index (χ0n) is 15.3. The molecule has 144 valence electrons. The second kappa shape index (κ2) is 7.83. The van der Waals surface area contributed by atoms with Crippen molar-refractivity contribution in [3.05, 3.63) is 57.7 Å². The first kappa shape index (κ1) is 19.0. The van der Waals surface area contributed by atoms with Gasteiger partial charge in [-0.15, -0.1) is 0 Å². The summed E-state index contributed by atoms with van der Waals surface area (Å²) in [5.74, 6) is -0.361. The zero-order valence-corrected chi connectivity index (χ0v) is 15.3. The number of carbonyl (C=O) groups is 1. The van der Waals surface area contributed by atoms with Gasteiger partial charge in [0.15, 0.2) is 0 Å². The van der Waals surface area contributed by atoms with Crippen LogP contribution in [0.2, 0.25) is 0 Å². The van der Waals surface area contributed by atoms with Crippen molar-refractivity contribution >= 4 is 11.6 Å². The molecule has 0 bridgehead atoms. The summed E-state index contributed by atoms with van der Waals surface area (Å²) in [6.07, 6.45) is 1.18. The van der Waals surface area contributed by atoms with E-state index in [1.165, 1.54) is 23.0 Å². The van der Waals surface area contributed by atoms with Gasteiger partial charge in [-0.1, -0.05) is 12.1 Å². The molecule has 1 aromatic carbocycles. The summed E-state index contributed by atoms with van der Waals surface area (Å²) >= 11 is 0. The van der Waals surface area contributed by atoms with Gasteiger partial charge < -0.3 is 4.90 Å². The average molecular weight is 375 g/mol. The molecule has 8 nitrogen and oxygen atoms in total. The van der Waals surface area contributed by atoms with Gasteiger partial charge in [0, 0.05) is 32.7 Å². The number of aromatic nitrogens is 2. The Hall–Kier alpha value is -2.81. The predicted octanol–water partition coefficient (Wildman–Crippen LogP) is 2.14. The highest BCUT2D eigenvalue weighted by Gasteiger charge is 2.29. The van der Waals surface area contributed by atoms with Crippen LogP contribution in [0.15, 0.2) is 30.5 Å². The lowest BCUT2D eigenvalue weighted by Gasteiger charge is -2.36. The van der Waals surface area contributed by atoms with Crippen LogP contribution in [-0.2, 0) is 11.3 Å². The molecule has 0 N–H and O–H groups in total. The summed E-state index contributed by atoms with van der Waals surface area (Å²) in [7, 11) is 0. The Balaban J connectivity index is 1.59. The molecule has 0 aliphatic carbocycles. The van der Waals surface area contributed by atoms with Crippen LogP contribution in [0.3, 0.4) is 0 Å². The first-order valence-corrected chi connectivity index (χ1v) is 8.81. The quantitative estimate of drug-likeness (QED) is 0.591. The first-order chi connectivity index (χ1) is 12.9. The van der Waals surface area contributed by atoms with Gasteiger partial charge in [0.05, 0.1) is 4.92 Å². The molecular weight excluding hydrogens is 353 g/mol. The molecule has 1 aliphatic rings. The molecule has 1 fully saturated rings. The maximum atomic E-state index is 13.3. The van der Waals surface area contributed by atoms with E-state index in [0.717, 1.165) is 5.56 Å². The van der Waals surface area contributed by atoms with E-state index >= 15 is 0 Å². The normalized spacial score (nSPS) is 16.3. The van der Waals surface area contributed by atoms with Crippen LogP contribution >= 0.6 is 0 Å². The maximum Gasteiger partial charge on any atom is 0.309 e. The predicted molar refractivity (Wildman–Crippen MR) is 96.6 cm³/mol. The van der Waals surface area contributed by atoms with Crippen molar-refractivity contribution < 1.29 is 14.1 Å². The van der Waals surface area contributed by atoms with Crippen molar-refractivity contribution in [2.45, 2.75) is 26.4 Å². The second-order valence-corrected chi connectivity index (χ2v) is 6.72. The van der Waals surface area contributed by atoms with Crippen LogP contribution in [0, 0.1) is 22.9 Å². The molecule has 0 radical (unpaired) electrons. The fourth-order valence-corrected chi connectivity index (χ4v) is 3.37. The molecule has 1 aromatic heterocycles. The third kappa shape index (κ3) is 4.13. The van der Waals surface area contributed by atoms with E-state index in [4.69, 9.17) is 0 Å². The summed E-state index contributed by atoms with van der Waals surface area (Å²) in [6.45, 7) is 6.42. The number of nitrogens with zero attached hydrogens (tertiary/aromatic N) is 5. The van der Waals surface area contributed by atoms with E-state index in [-0.39, 0.29) is 17.4 Å². The van der Waals surface area contributed by atoms with Crippen molar-refractivity contribution in [2.24, 2.45) is 0 Å². The number of hydrogen-bond acceptors (Lipinski definition) is 5. The molecular formula is C18H22FN5O3. The van der Waals surface area contributed by atoms with Crippen molar-refractivity contribution in [2.75, 3.05) is 26.2 Å². The number of hydrogen-bond donors (Lipinski definition) is 0. The minimum Gasteiger partial charge on any atom is -0.338 e. The largest absolute Gasteiger partial charge is 0.338 e. The molecule has 1 saturated heterocycles. The fraction of sp³-hybridized carbons (Fsp3) is 0.444. The van der Waals surface area contributed by atoms with Gasteiger partial charge in [-0.25, -0.2) is 4.39 Å². The van der Waals surface area contributed by atoms with Crippen LogP contribution in [0.25, 0.3) is 0 Å². The van der Waals surface area contributed by atoms with Gasteiger partial charge in [0.25, 0.3) is 0 Å². The highest BCUT2D eigenvalue weighted by Crippen LogP contribution is 2.21. The van der Waals surface area contributed by atoms with Gasteiger partial charge in [-0.2, -0.15) is 5.10 Å². The fourth-order valence-electron chi connectivity index (χ4n) is 3.37. The lowest BCUT2D eigenvalue weighted by atomic mass is 10.2. The molecule has 1 unspecified atom stereocenters. The number of piperazine rings is 1. The van der Waals surface area contributed by atoms with E-state index < -0.39 is 11.0 Å². The Morgan fingerprint density at radius 3 is 2.63 bits per heavy atom. The van der Waals surface area contributed by atoms with Gasteiger partial charge in [-0.3, -0.25) is 24.5 Å². The van der Waals surface area contributed by atoms with Gasteiger partial charge in [0.1, 0.15) is 23.7 Å². The lowest BCUT2D eigenvalue weighted by Crippen LogP contribution is -2.50. The average Bonchev–Trinajstić information content (AvgIpc) is 3.03. The lowest BCUT2D eigenvalue weighted by molar-refractivity contribution is -0.385. The Morgan fingerprint density at radius 2 is 2.04 bits per heavy atom. The molecule has 9 heteroatoms. The molecule has 0 saturated carbocycles. The topological polar surface area (TPSA) is 84.5 Å². The smallest absolute Gasteiger partial charge is 0.309 e. The molecule has 1 amide bonds. The van der Waals surface area contributed by atoms with Crippen LogP contribution in [0.4, 0.5) is 10.1 Å². The van der Waals surface area contributed by atoms with E-state index in [9.17, 15) is 19.3 Å². The van der Waals surface area contributed by atoms with Gasteiger partial charge in [0.2, 0.25) is 5.91 Å². The van der Waals surface area contributed by atoms with Crippen LogP contribution in [0.1, 0.15) is 24.2 Å². The number of nitro groups is 1. The standard InChI is InChI=1S/C18H22FN5O3/c1-13-17(24(26)27)11-20-23(13)14(2)18(25)22-8-6-21(7-9-22)12-15-4-3-5-16(19)10-15/h3-5,10-11,14H,6-9,12H2,1-2H3. The molecule has 2 heterocycles. The van der Waals surface area contributed by atoms with Crippen molar-refractivity contribution in [3.63, 3.8) is 0 Å². The van der Waals surface area contributed by atoms with Crippen molar-refractivity contribution in [1.29, 1.82) is 0 Å². The van der Waals surface area contributed by atoms with Crippen LogP contribution in [0.5, 0.6) is 0 Å². The zero-order chi connectivity index (χ0) is 19.6. The van der Waals surface area contributed by atoms with Crippen molar-refractivity contribution in [1.82, 2.24) is 19.6 Å². The molecule has 0 spiro atoms. The first-order valence-electron chi connectivity index (χ1n) is 8.81. The minimum absolute atomic E-state index is 0.0884. The molecule has 1 atom stereocenters. The Morgan fingerprint density at radius 1 is 1.33 bits per heavy atom. The number of amides is 1. The minimum atomic E-state index is -0.603. The highest BCUT2D eigenvalue weighted by molar-refractivity contribution is 5.80. The van der Waals surface area contributed by atoms with E-state index in [1.54, 1.807) is 24.8 Å². The summed E-state index contributed by atoms with van der Waals surface area (Å²) in [5.41, 5.74) is 1.18. The number of carbonyl (C=O) groups excluding carboxylic acids is 1. The number of halogens is 1. The third-order valence-corrected chi connectivity index (χ3v) is 4.92. The van der Waals surface area contributed by atoms with E-state index in [2.05, 4.69) is 10.00 Å². The van der Waals surface area contributed by atoms with E-state index in [1.807, 2.05) is 6.07 Å². The Bertz CT molecular complexity index is 845. The van der Waals surface area contributed by atoms with Crippen LogP contribution < -0.4 is 0 Å². The molecule has 3 rings (SSSR count). The number of benzene rings is 1. The number of rotatable bonds is 5. The highest BCUT2D eigenvalue weighted by atomic mass is 19.1. The summed E-state index contributed by atoms with van der Waals surface area (Å²) in [5, 5.41) is 15.0. The molecule has 27 heavy (non-hydrogen) atoms. The molecule has 2 aromatic rings. The van der Waals surface area contributed by atoms with Crippen LogP contribution in [-0.4, -0.2) is 56.6 Å². The SMILES string of the molecule is Cc1c([N+](=O)[O-])cnn1C(C)C(=O)N1CCN(Cc2cccc(F)c2)CC1. The molecule has 1 aliphatic heterocycles. The maximum absolute atomic E-state index is 13.3. The Labute approximate surface area is 156 Å². The van der Waals surface area contributed by atoms with Gasteiger partial charge >= 0.3 is 5.69 Å². The van der Waals surface area contributed by atoms with E-state index in [0.29, 0.717) is 38.4 Å². The third-order valence-electron chi connectivity index (χ3n) is 4.92. The summed E-state index contributed by atoms with van der Waals surface area (Å²) in [6, 6.07) is 5.91. The summed E-state index contributed by atoms with van der Waals surface area (Å²) in [4.78, 5) is 27.2. The summed E-state index contributed by atoms with van der Waals surface area (Å²) < 4.78 is 14.7.